The summed E-state index contributed by atoms with van der Waals surface area (Å²) in [6, 6.07) is 7.14. The fourth-order valence-electron chi connectivity index (χ4n) is 3.30. The Bertz CT molecular complexity index is 693. The molecule has 0 spiro atoms. The van der Waals surface area contributed by atoms with Crippen molar-refractivity contribution in [2.75, 3.05) is 20.7 Å². The van der Waals surface area contributed by atoms with Crippen molar-refractivity contribution in [2.45, 2.75) is 44.6 Å². The maximum atomic E-state index is 12.9. The van der Waals surface area contributed by atoms with Crippen molar-refractivity contribution in [3.05, 3.63) is 47.5 Å². The second kappa shape index (κ2) is 10.5. The van der Waals surface area contributed by atoms with E-state index in [0.717, 1.165) is 25.7 Å². The molecule has 1 fully saturated rings. The molecule has 6 heteroatoms. The third-order valence-electron chi connectivity index (χ3n) is 4.90. The molecule has 0 unspecified atom stereocenters. The van der Waals surface area contributed by atoms with E-state index in [1.807, 2.05) is 7.05 Å². The van der Waals surface area contributed by atoms with Crippen LogP contribution in [0.1, 0.15) is 59.2 Å². The number of carbonyl (C=O) groups excluding carboxylic acids is 3. The predicted molar refractivity (Wildman–Crippen MR) is 104 cm³/mol. The third-order valence-corrected chi connectivity index (χ3v) is 4.90. The molecule has 1 N–H and O–H groups in total. The largest absolute Gasteiger partial charge is 0.466 e. The van der Waals surface area contributed by atoms with Gasteiger partial charge in [-0.1, -0.05) is 37.5 Å². The summed E-state index contributed by atoms with van der Waals surface area (Å²) >= 11 is 0. The van der Waals surface area contributed by atoms with E-state index in [4.69, 9.17) is 0 Å². The molecule has 146 valence electrons. The molecule has 0 heterocycles. The van der Waals surface area contributed by atoms with E-state index in [2.05, 4.69) is 10.1 Å². The molecular formula is C21H28N2O4. The second-order valence-corrected chi connectivity index (χ2v) is 6.72. The number of esters is 1. The van der Waals surface area contributed by atoms with E-state index in [9.17, 15) is 14.4 Å². The zero-order valence-electron chi connectivity index (χ0n) is 16.1. The van der Waals surface area contributed by atoms with Crippen LogP contribution in [-0.4, -0.2) is 49.4 Å². The van der Waals surface area contributed by atoms with E-state index in [-0.39, 0.29) is 17.9 Å². The molecule has 0 aromatic heterocycles. The van der Waals surface area contributed by atoms with E-state index >= 15 is 0 Å². The van der Waals surface area contributed by atoms with Crippen LogP contribution in [0, 0.1) is 0 Å². The van der Waals surface area contributed by atoms with E-state index in [0.29, 0.717) is 24.1 Å². The van der Waals surface area contributed by atoms with Crippen molar-refractivity contribution in [3.63, 3.8) is 0 Å². The number of nitrogens with one attached hydrogen (secondary N) is 1. The standard InChI is InChI=1S/C21H28N2O4/c1-23(16-10-4-3-5-11-16)21(26)18-13-7-6-12-17(18)20(25)22-15-9-8-14-19(24)27-2/h6-8,12-14,16H,3-5,9-11,15H2,1-2H3,(H,22,25)/b14-8+. The van der Waals surface area contributed by atoms with Gasteiger partial charge in [0.25, 0.3) is 11.8 Å². The van der Waals surface area contributed by atoms with Crippen molar-refractivity contribution in [2.24, 2.45) is 0 Å². The quantitative estimate of drug-likeness (QED) is 0.454. The van der Waals surface area contributed by atoms with Crippen LogP contribution in [0.25, 0.3) is 0 Å². The van der Waals surface area contributed by atoms with Crippen LogP contribution in [0.5, 0.6) is 0 Å². The Hall–Kier alpha value is -2.63. The molecule has 27 heavy (non-hydrogen) atoms. The van der Waals surface area contributed by atoms with Crippen molar-refractivity contribution in [3.8, 4) is 0 Å². The minimum atomic E-state index is -0.428. The van der Waals surface area contributed by atoms with E-state index < -0.39 is 5.97 Å². The highest BCUT2D eigenvalue weighted by molar-refractivity contribution is 6.07. The van der Waals surface area contributed by atoms with Crippen LogP contribution in [0.2, 0.25) is 0 Å². The lowest BCUT2D eigenvalue weighted by molar-refractivity contribution is -0.134. The lowest BCUT2D eigenvalue weighted by Crippen LogP contribution is -2.39. The lowest BCUT2D eigenvalue weighted by Gasteiger charge is -2.31. The Morgan fingerprint density at radius 3 is 2.48 bits per heavy atom. The predicted octanol–water partition coefficient (Wildman–Crippen LogP) is 2.94. The van der Waals surface area contributed by atoms with Crippen LogP contribution in [0.4, 0.5) is 0 Å². The van der Waals surface area contributed by atoms with Crippen molar-refractivity contribution in [1.82, 2.24) is 10.2 Å². The van der Waals surface area contributed by atoms with Gasteiger partial charge in [0, 0.05) is 25.7 Å². The molecule has 1 aromatic rings. The van der Waals surface area contributed by atoms with Gasteiger partial charge in [0.15, 0.2) is 0 Å². The lowest BCUT2D eigenvalue weighted by atomic mass is 9.93. The molecule has 1 aromatic carbocycles. The summed E-state index contributed by atoms with van der Waals surface area (Å²) in [5.41, 5.74) is 0.801. The molecule has 1 aliphatic rings. The first kappa shape index (κ1) is 20.7. The zero-order chi connectivity index (χ0) is 19.6. The number of amides is 2. The Morgan fingerprint density at radius 2 is 1.81 bits per heavy atom. The molecule has 0 bridgehead atoms. The second-order valence-electron chi connectivity index (χ2n) is 6.72. The first-order chi connectivity index (χ1) is 13.0. The Kier molecular flexibility index (Phi) is 8.04. The van der Waals surface area contributed by atoms with Gasteiger partial charge in [0.2, 0.25) is 0 Å². The van der Waals surface area contributed by atoms with Crippen LogP contribution in [-0.2, 0) is 9.53 Å². The Labute approximate surface area is 160 Å². The number of nitrogens with zero attached hydrogens (tertiary/aromatic N) is 1. The Balaban J connectivity index is 1.99. The molecule has 0 radical (unpaired) electrons. The van der Waals surface area contributed by atoms with Crippen molar-refractivity contribution < 1.29 is 19.1 Å². The minimum absolute atomic E-state index is 0.113. The minimum Gasteiger partial charge on any atom is -0.466 e. The molecule has 0 saturated heterocycles. The summed E-state index contributed by atoms with van der Waals surface area (Å²) in [6.45, 7) is 0.368. The van der Waals surface area contributed by atoms with Gasteiger partial charge in [-0.3, -0.25) is 9.59 Å². The van der Waals surface area contributed by atoms with Gasteiger partial charge in [-0.25, -0.2) is 4.79 Å². The molecule has 6 nitrogen and oxygen atoms in total. The number of hydrogen-bond donors (Lipinski definition) is 1. The fraction of sp³-hybridized carbons (Fsp3) is 0.476. The van der Waals surface area contributed by atoms with Gasteiger partial charge >= 0.3 is 5.97 Å². The van der Waals surface area contributed by atoms with Crippen LogP contribution < -0.4 is 5.32 Å². The molecular weight excluding hydrogens is 344 g/mol. The first-order valence-corrected chi connectivity index (χ1v) is 9.43. The SMILES string of the molecule is COC(=O)/C=C/CCNC(=O)c1ccccc1C(=O)N(C)C1CCCCC1. The number of methoxy groups -OCH3 is 1. The maximum Gasteiger partial charge on any atom is 0.330 e. The summed E-state index contributed by atoms with van der Waals surface area (Å²) in [5.74, 6) is -0.830. The van der Waals surface area contributed by atoms with Gasteiger partial charge < -0.3 is 15.0 Å². The number of hydrogen-bond acceptors (Lipinski definition) is 4. The summed E-state index contributed by atoms with van der Waals surface area (Å²) < 4.78 is 4.51. The molecule has 0 aliphatic heterocycles. The highest BCUT2D eigenvalue weighted by Gasteiger charge is 2.25. The van der Waals surface area contributed by atoms with Gasteiger partial charge in [-0.05, 0) is 31.4 Å². The zero-order valence-corrected chi connectivity index (χ0v) is 16.1. The normalized spacial score (nSPS) is 14.7. The number of benzene rings is 1. The van der Waals surface area contributed by atoms with Gasteiger partial charge in [0.1, 0.15) is 0 Å². The van der Waals surface area contributed by atoms with Crippen LogP contribution in [0.15, 0.2) is 36.4 Å². The van der Waals surface area contributed by atoms with Gasteiger partial charge in [-0.15, -0.1) is 0 Å². The van der Waals surface area contributed by atoms with Gasteiger partial charge in [-0.2, -0.15) is 0 Å². The van der Waals surface area contributed by atoms with E-state index in [1.165, 1.54) is 19.6 Å². The number of ether oxygens (including phenoxy) is 1. The van der Waals surface area contributed by atoms with E-state index in [1.54, 1.807) is 35.2 Å². The molecule has 2 amide bonds. The molecule has 2 rings (SSSR count). The highest BCUT2D eigenvalue weighted by Crippen LogP contribution is 2.23. The average molecular weight is 372 g/mol. The monoisotopic (exact) mass is 372 g/mol. The average Bonchev–Trinajstić information content (AvgIpc) is 2.72. The summed E-state index contributed by atoms with van der Waals surface area (Å²) in [4.78, 5) is 38.2. The maximum absolute atomic E-state index is 12.9. The van der Waals surface area contributed by atoms with Crippen LogP contribution in [0.3, 0.4) is 0 Å². The molecule has 1 saturated carbocycles. The summed E-state index contributed by atoms with van der Waals surface area (Å²) in [7, 11) is 3.14. The van der Waals surface area contributed by atoms with Crippen molar-refractivity contribution in [1.29, 1.82) is 0 Å². The highest BCUT2D eigenvalue weighted by atomic mass is 16.5. The van der Waals surface area contributed by atoms with Crippen LogP contribution >= 0.6 is 0 Å². The molecule has 1 aliphatic carbocycles. The number of rotatable bonds is 7. The third kappa shape index (κ3) is 5.94. The topological polar surface area (TPSA) is 75.7 Å². The summed E-state index contributed by atoms with van der Waals surface area (Å²) in [5, 5.41) is 2.79. The first-order valence-electron chi connectivity index (χ1n) is 9.43. The fourth-order valence-corrected chi connectivity index (χ4v) is 3.30. The number of carbonyl (C=O) groups is 3. The molecule has 0 atom stereocenters. The smallest absolute Gasteiger partial charge is 0.330 e. The summed E-state index contributed by atoms with van der Waals surface area (Å²) in [6.07, 6.45) is 9.00. The van der Waals surface area contributed by atoms with Gasteiger partial charge in [0.05, 0.1) is 18.2 Å². The Morgan fingerprint density at radius 1 is 1.15 bits per heavy atom. The van der Waals surface area contributed by atoms with Crippen molar-refractivity contribution >= 4 is 17.8 Å².